The van der Waals surface area contributed by atoms with Crippen molar-refractivity contribution in [1.82, 2.24) is 0 Å². The molecular weight excluding hydrogens is 232 g/mol. The molecule has 0 radical (unpaired) electrons. The molecule has 0 bridgehead atoms. The Balaban J connectivity index is 1.96. The Kier molecular flexibility index (Phi) is 5.74. The van der Waals surface area contributed by atoms with E-state index in [9.17, 15) is 0 Å². The van der Waals surface area contributed by atoms with Gasteiger partial charge in [0, 0.05) is 0 Å². The molecule has 2 rings (SSSR count). The summed E-state index contributed by atoms with van der Waals surface area (Å²) in [5.74, 6) is 3.18. The van der Waals surface area contributed by atoms with Crippen LogP contribution in [0.2, 0.25) is 0 Å². The van der Waals surface area contributed by atoms with E-state index in [2.05, 4.69) is 27.7 Å². The zero-order valence-electron chi connectivity index (χ0n) is 13.5. The van der Waals surface area contributed by atoms with Gasteiger partial charge >= 0.3 is 0 Å². The van der Waals surface area contributed by atoms with E-state index >= 15 is 0 Å². The summed E-state index contributed by atoms with van der Waals surface area (Å²) in [6, 6.07) is 0. The first-order valence-electron chi connectivity index (χ1n) is 8.75. The summed E-state index contributed by atoms with van der Waals surface area (Å²) in [6.45, 7) is 9.53. The summed E-state index contributed by atoms with van der Waals surface area (Å²) in [5, 5.41) is 0. The van der Waals surface area contributed by atoms with E-state index in [1.54, 1.807) is 0 Å². The molecule has 0 saturated heterocycles. The van der Waals surface area contributed by atoms with Gasteiger partial charge in [-0.05, 0) is 49.4 Å². The van der Waals surface area contributed by atoms with Crippen LogP contribution in [0, 0.1) is 23.7 Å². The van der Waals surface area contributed by atoms with Crippen molar-refractivity contribution in [3.05, 3.63) is 0 Å². The summed E-state index contributed by atoms with van der Waals surface area (Å²) in [7, 11) is 0. The van der Waals surface area contributed by atoms with Gasteiger partial charge in [-0.2, -0.15) is 0 Å². The SMILES string of the molecule is CC(C)C1CCCCC1OC1CCCCC1C(C)C. The van der Waals surface area contributed by atoms with Crippen LogP contribution in [0.1, 0.15) is 79.1 Å². The molecule has 1 nitrogen and oxygen atoms in total. The van der Waals surface area contributed by atoms with Crippen molar-refractivity contribution >= 4 is 0 Å². The molecule has 0 aliphatic heterocycles. The van der Waals surface area contributed by atoms with Crippen LogP contribution in [0.25, 0.3) is 0 Å². The lowest BCUT2D eigenvalue weighted by Gasteiger charge is -2.41. The van der Waals surface area contributed by atoms with Gasteiger partial charge < -0.3 is 4.74 Å². The molecule has 0 amide bonds. The molecule has 2 aliphatic carbocycles. The van der Waals surface area contributed by atoms with Crippen LogP contribution in [-0.2, 0) is 4.74 Å². The summed E-state index contributed by atoms with van der Waals surface area (Å²) in [4.78, 5) is 0. The highest BCUT2D eigenvalue weighted by atomic mass is 16.5. The fourth-order valence-corrected chi connectivity index (χ4v) is 4.34. The first kappa shape index (κ1) is 15.4. The van der Waals surface area contributed by atoms with E-state index < -0.39 is 0 Å². The van der Waals surface area contributed by atoms with Crippen LogP contribution >= 0.6 is 0 Å². The zero-order valence-corrected chi connectivity index (χ0v) is 13.5. The molecule has 4 unspecified atom stereocenters. The highest BCUT2D eigenvalue weighted by molar-refractivity contribution is 4.83. The minimum Gasteiger partial charge on any atom is -0.374 e. The normalized spacial score (nSPS) is 36.9. The quantitative estimate of drug-likeness (QED) is 0.659. The van der Waals surface area contributed by atoms with Gasteiger partial charge in [0.2, 0.25) is 0 Å². The van der Waals surface area contributed by atoms with Gasteiger partial charge in [-0.1, -0.05) is 53.4 Å². The molecule has 4 atom stereocenters. The van der Waals surface area contributed by atoms with E-state index in [-0.39, 0.29) is 0 Å². The lowest BCUT2D eigenvalue weighted by Crippen LogP contribution is -2.39. The van der Waals surface area contributed by atoms with E-state index in [1.165, 1.54) is 51.4 Å². The molecule has 0 aromatic rings. The van der Waals surface area contributed by atoms with Crippen molar-refractivity contribution in [3.63, 3.8) is 0 Å². The summed E-state index contributed by atoms with van der Waals surface area (Å²) >= 11 is 0. The van der Waals surface area contributed by atoms with Crippen LogP contribution in [0.15, 0.2) is 0 Å². The average molecular weight is 266 g/mol. The summed E-state index contributed by atoms with van der Waals surface area (Å²) < 4.78 is 6.68. The monoisotopic (exact) mass is 266 g/mol. The second-order valence-electron chi connectivity index (χ2n) is 7.60. The molecule has 1 heteroatoms. The predicted octanol–water partition coefficient (Wildman–Crippen LogP) is 5.43. The Morgan fingerprint density at radius 2 is 1.00 bits per heavy atom. The first-order valence-corrected chi connectivity index (χ1v) is 8.75. The Labute approximate surface area is 120 Å². The van der Waals surface area contributed by atoms with Gasteiger partial charge in [-0.25, -0.2) is 0 Å². The van der Waals surface area contributed by atoms with Crippen LogP contribution in [0.4, 0.5) is 0 Å². The van der Waals surface area contributed by atoms with Crippen molar-refractivity contribution < 1.29 is 4.74 Å². The van der Waals surface area contributed by atoms with Crippen LogP contribution in [0.5, 0.6) is 0 Å². The fraction of sp³-hybridized carbons (Fsp3) is 1.00. The minimum absolute atomic E-state index is 0.554. The summed E-state index contributed by atoms with van der Waals surface area (Å²) in [5.41, 5.74) is 0. The Hall–Kier alpha value is -0.0400. The largest absolute Gasteiger partial charge is 0.374 e. The molecule has 0 heterocycles. The molecule has 112 valence electrons. The van der Waals surface area contributed by atoms with Crippen molar-refractivity contribution in [2.75, 3.05) is 0 Å². The van der Waals surface area contributed by atoms with E-state index in [0.29, 0.717) is 12.2 Å². The first-order chi connectivity index (χ1) is 9.09. The molecule has 0 N–H and O–H groups in total. The topological polar surface area (TPSA) is 9.23 Å². The third-order valence-corrected chi connectivity index (χ3v) is 5.57. The lowest BCUT2D eigenvalue weighted by molar-refractivity contribution is -0.111. The van der Waals surface area contributed by atoms with E-state index in [0.717, 1.165) is 23.7 Å². The van der Waals surface area contributed by atoms with Gasteiger partial charge in [-0.15, -0.1) is 0 Å². The van der Waals surface area contributed by atoms with Gasteiger partial charge in [0.15, 0.2) is 0 Å². The second-order valence-corrected chi connectivity index (χ2v) is 7.60. The Morgan fingerprint density at radius 1 is 0.632 bits per heavy atom. The number of hydrogen-bond acceptors (Lipinski definition) is 1. The van der Waals surface area contributed by atoms with Crippen molar-refractivity contribution in [1.29, 1.82) is 0 Å². The average Bonchev–Trinajstić information content (AvgIpc) is 2.39. The van der Waals surface area contributed by atoms with E-state index in [1.807, 2.05) is 0 Å². The predicted molar refractivity (Wildman–Crippen MR) is 82.3 cm³/mol. The third-order valence-electron chi connectivity index (χ3n) is 5.57. The number of hydrogen-bond donors (Lipinski definition) is 0. The molecule has 0 aromatic heterocycles. The number of ether oxygens (including phenoxy) is 1. The van der Waals surface area contributed by atoms with Gasteiger partial charge in [0.1, 0.15) is 0 Å². The van der Waals surface area contributed by atoms with Gasteiger partial charge in [-0.3, -0.25) is 0 Å². The molecular formula is C18H34O. The molecule has 0 aromatic carbocycles. The molecule has 2 fully saturated rings. The Morgan fingerprint density at radius 3 is 1.37 bits per heavy atom. The number of rotatable bonds is 4. The highest BCUT2D eigenvalue weighted by Gasteiger charge is 2.34. The maximum atomic E-state index is 6.68. The van der Waals surface area contributed by atoms with Crippen molar-refractivity contribution in [3.8, 4) is 0 Å². The molecule has 2 saturated carbocycles. The maximum Gasteiger partial charge on any atom is 0.0609 e. The van der Waals surface area contributed by atoms with Crippen LogP contribution < -0.4 is 0 Å². The maximum absolute atomic E-state index is 6.68. The third kappa shape index (κ3) is 3.97. The summed E-state index contributed by atoms with van der Waals surface area (Å²) in [6.07, 6.45) is 12.1. The Bertz CT molecular complexity index is 232. The smallest absolute Gasteiger partial charge is 0.0609 e. The standard InChI is InChI=1S/C18H34O/c1-13(2)15-9-5-7-11-17(15)19-18-12-8-6-10-16(18)14(3)4/h13-18H,5-12H2,1-4H3. The highest BCUT2D eigenvalue weighted by Crippen LogP contribution is 2.38. The van der Waals surface area contributed by atoms with Crippen LogP contribution in [0.3, 0.4) is 0 Å². The minimum atomic E-state index is 0.554. The second kappa shape index (κ2) is 7.11. The fourth-order valence-electron chi connectivity index (χ4n) is 4.34. The van der Waals surface area contributed by atoms with Gasteiger partial charge in [0.25, 0.3) is 0 Å². The molecule has 0 spiro atoms. The zero-order chi connectivity index (χ0) is 13.8. The van der Waals surface area contributed by atoms with Crippen molar-refractivity contribution in [2.24, 2.45) is 23.7 Å². The molecule has 2 aliphatic rings. The van der Waals surface area contributed by atoms with Gasteiger partial charge in [0.05, 0.1) is 12.2 Å². The lowest BCUT2D eigenvalue weighted by atomic mass is 9.77. The van der Waals surface area contributed by atoms with Crippen molar-refractivity contribution in [2.45, 2.75) is 91.3 Å². The van der Waals surface area contributed by atoms with E-state index in [4.69, 9.17) is 4.74 Å². The molecule has 19 heavy (non-hydrogen) atoms. The van der Waals surface area contributed by atoms with Crippen LogP contribution in [-0.4, -0.2) is 12.2 Å².